The Morgan fingerprint density at radius 3 is 2.42 bits per heavy atom. The third kappa shape index (κ3) is 3.89. The van der Waals surface area contributed by atoms with Crippen molar-refractivity contribution in [3.63, 3.8) is 0 Å². The largest absolute Gasteiger partial charge is 0.335 e. The first kappa shape index (κ1) is 20.0. The number of carbonyl (C=O) groups is 1. The van der Waals surface area contributed by atoms with Gasteiger partial charge in [0.25, 0.3) is 5.91 Å². The molecule has 6 heteroatoms. The lowest BCUT2D eigenvalue weighted by Crippen LogP contribution is -2.48. The molecule has 0 aliphatic carbocycles. The van der Waals surface area contributed by atoms with Gasteiger partial charge >= 0.3 is 0 Å². The van der Waals surface area contributed by atoms with Gasteiger partial charge < -0.3 is 4.90 Å². The molecule has 4 aromatic rings. The fourth-order valence-electron chi connectivity index (χ4n) is 4.22. The molecule has 5 nitrogen and oxygen atoms in total. The van der Waals surface area contributed by atoms with E-state index in [0.29, 0.717) is 0 Å². The molecule has 31 heavy (non-hydrogen) atoms. The highest BCUT2D eigenvalue weighted by Gasteiger charge is 2.25. The fourth-order valence-corrected chi connectivity index (χ4v) is 5.37. The van der Waals surface area contributed by atoms with Crippen LogP contribution in [0.5, 0.6) is 0 Å². The first-order valence-electron chi connectivity index (χ1n) is 10.7. The van der Waals surface area contributed by atoms with E-state index in [4.69, 9.17) is 5.10 Å². The molecule has 2 aromatic heterocycles. The van der Waals surface area contributed by atoms with E-state index in [1.54, 1.807) is 11.3 Å². The minimum Gasteiger partial charge on any atom is -0.335 e. The summed E-state index contributed by atoms with van der Waals surface area (Å²) in [4.78, 5) is 19.5. The van der Waals surface area contributed by atoms with E-state index < -0.39 is 0 Å². The molecule has 0 unspecified atom stereocenters. The number of hydrogen-bond acceptors (Lipinski definition) is 4. The molecule has 1 saturated heterocycles. The minimum absolute atomic E-state index is 0.135. The minimum atomic E-state index is 0.135. The SMILES string of the molecule is Cc1ccccc1-n1nc(C)c2cc(C(=O)N3CCN(Cc4ccccc4)CC3)sc21. The van der Waals surface area contributed by atoms with Crippen molar-refractivity contribution in [2.24, 2.45) is 0 Å². The van der Waals surface area contributed by atoms with Crippen LogP contribution in [0, 0.1) is 13.8 Å². The number of aromatic nitrogens is 2. The number of amides is 1. The Hall–Kier alpha value is -2.96. The molecule has 0 bridgehead atoms. The molecule has 1 aliphatic heterocycles. The van der Waals surface area contributed by atoms with Gasteiger partial charge in [-0.25, -0.2) is 4.68 Å². The Morgan fingerprint density at radius 1 is 0.968 bits per heavy atom. The fraction of sp³-hybridized carbons (Fsp3) is 0.280. The summed E-state index contributed by atoms with van der Waals surface area (Å²) in [7, 11) is 0. The normalized spacial score (nSPS) is 15.0. The zero-order valence-electron chi connectivity index (χ0n) is 17.9. The van der Waals surface area contributed by atoms with Crippen LogP contribution < -0.4 is 0 Å². The highest BCUT2D eigenvalue weighted by Crippen LogP contribution is 2.32. The first-order chi connectivity index (χ1) is 15.1. The van der Waals surface area contributed by atoms with Gasteiger partial charge in [-0.1, -0.05) is 48.5 Å². The van der Waals surface area contributed by atoms with E-state index in [1.165, 1.54) is 11.1 Å². The third-order valence-corrected chi connectivity index (χ3v) is 7.11. The van der Waals surface area contributed by atoms with Crippen molar-refractivity contribution >= 4 is 27.5 Å². The van der Waals surface area contributed by atoms with Gasteiger partial charge in [0.15, 0.2) is 0 Å². The molecule has 158 valence electrons. The van der Waals surface area contributed by atoms with Crippen molar-refractivity contribution in [2.75, 3.05) is 26.2 Å². The number of hydrogen-bond donors (Lipinski definition) is 0. The highest BCUT2D eigenvalue weighted by atomic mass is 32.1. The first-order valence-corrected chi connectivity index (χ1v) is 11.5. The topological polar surface area (TPSA) is 41.4 Å². The van der Waals surface area contributed by atoms with Crippen molar-refractivity contribution in [1.82, 2.24) is 19.6 Å². The predicted molar refractivity (Wildman–Crippen MR) is 126 cm³/mol. The number of nitrogens with zero attached hydrogens (tertiary/aromatic N) is 4. The summed E-state index contributed by atoms with van der Waals surface area (Å²) in [5, 5.41) is 5.81. The lowest BCUT2D eigenvalue weighted by molar-refractivity contribution is 0.0633. The van der Waals surface area contributed by atoms with Crippen LogP contribution in [0.2, 0.25) is 0 Å². The van der Waals surface area contributed by atoms with E-state index >= 15 is 0 Å². The van der Waals surface area contributed by atoms with E-state index in [-0.39, 0.29) is 5.91 Å². The predicted octanol–water partition coefficient (Wildman–Crippen LogP) is 4.66. The van der Waals surface area contributed by atoms with Crippen LogP contribution in [0.15, 0.2) is 60.7 Å². The van der Waals surface area contributed by atoms with Gasteiger partial charge in [-0.05, 0) is 37.1 Å². The Labute approximate surface area is 186 Å². The molecular weight excluding hydrogens is 404 g/mol. The number of piperazine rings is 1. The summed E-state index contributed by atoms with van der Waals surface area (Å²) in [6, 6.07) is 20.8. The maximum Gasteiger partial charge on any atom is 0.264 e. The van der Waals surface area contributed by atoms with Gasteiger partial charge in [0.05, 0.1) is 16.3 Å². The van der Waals surface area contributed by atoms with Gasteiger partial charge in [0.1, 0.15) is 4.83 Å². The molecule has 1 fully saturated rings. The number of thiophene rings is 1. The Bertz CT molecular complexity index is 1220. The summed E-state index contributed by atoms with van der Waals surface area (Å²) >= 11 is 1.55. The summed E-state index contributed by atoms with van der Waals surface area (Å²) in [5.41, 5.74) is 4.52. The van der Waals surface area contributed by atoms with Crippen molar-refractivity contribution in [3.05, 3.63) is 82.4 Å². The molecule has 5 rings (SSSR count). The number of fused-ring (bicyclic) bond motifs is 1. The maximum atomic E-state index is 13.2. The summed E-state index contributed by atoms with van der Waals surface area (Å²) in [6.45, 7) is 8.39. The van der Waals surface area contributed by atoms with E-state index in [2.05, 4.69) is 48.2 Å². The van der Waals surface area contributed by atoms with Gasteiger partial charge in [-0.2, -0.15) is 5.10 Å². The average molecular weight is 431 g/mol. The third-order valence-electron chi connectivity index (χ3n) is 6.01. The van der Waals surface area contributed by atoms with Gasteiger partial charge in [0.2, 0.25) is 0 Å². The highest BCUT2D eigenvalue weighted by molar-refractivity contribution is 7.20. The second kappa shape index (κ2) is 8.29. The number of aryl methyl sites for hydroxylation is 2. The van der Waals surface area contributed by atoms with Crippen LogP contribution in [0.4, 0.5) is 0 Å². The van der Waals surface area contributed by atoms with Crippen molar-refractivity contribution < 1.29 is 4.79 Å². The Kier molecular flexibility index (Phi) is 5.34. The summed E-state index contributed by atoms with van der Waals surface area (Å²) < 4.78 is 1.99. The molecule has 3 heterocycles. The van der Waals surface area contributed by atoms with Crippen LogP contribution in [-0.2, 0) is 6.54 Å². The zero-order chi connectivity index (χ0) is 21.4. The van der Waals surface area contributed by atoms with E-state index in [1.807, 2.05) is 40.8 Å². The number of benzene rings is 2. The molecular formula is C25H26N4OS. The Morgan fingerprint density at radius 2 is 1.68 bits per heavy atom. The molecule has 0 radical (unpaired) electrons. The standard InChI is InChI=1S/C25H26N4OS/c1-18-8-6-7-11-22(18)29-25-21(19(2)26-29)16-23(31-25)24(30)28-14-12-27(13-15-28)17-20-9-4-3-5-10-20/h3-11,16H,12-15,17H2,1-2H3. The molecule has 1 aliphatic rings. The quantitative estimate of drug-likeness (QED) is 0.473. The second-order valence-electron chi connectivity index (χ2n) is 8.17. The van der Waals surface area contributed by atoms with E-state index in [9.17, 15) is 4.79 Å². The summed E-state index contributed by atoms with van der Waals surface area (Å²) in [6.07, 6.45) is 0. The van der Waals surface area contributed by atoms with Crippen molar-refractivity contribution in [1.29, 1.82) is 0 Å². The monoisotopic (exact) mass is 430 g/mol. The van der Waals surface area contributed by atoms with Gasteiger partial charge in [-0.3, -0.25) is 9.69 Å². The second-order valence-corrected chi connectivity index (χ2v) is 9.20. The summed E-state index contributed by atoms with van der Waals surface area (Å²) in [5.74, 6) is 0.135. The van der Waals surface area contributed by atoms with Crippen molar-refractivity contribution in [2.45, 2.75) is 20.4 Å². The maximum absolute atomic E-state index is 13.2. The van der Waals surface area contributed by atoms with Crippen LogP contribution in [-0.4, -0.2) is 51.7 Å². The molecule has 1 amide bonds. The van der Waals surface area contributed by atoms with E-state index in [0.717, 1.165) is 59.2 Å². The van der Waals surface area contributed by atoms with Crippen molar-refractivity contribution in [3.8, 4) is 5.69 Å². The molecule has 0 spiro atoms. The molecule has 0 saturated carbocycles. The number of para-hydroxylation sites is 1. The van der Waals surface area contributed by atoms with Crippen LogP contribution in [0.1, 0.15) is 26.5 Å². The van der Waals surface area contributed by atoms with Crippen LogP contribution >= 0.6 is 11.3 Å². The molecule has 2 aromatic carbocycles. The molecule has 0 N–H and O–H groups in total. The number of rotatable bonds is 4. The number of carbonyl (C=O) groups excluding carboxylic acids is 1. The smallest absolute Gasteiger partial charge is 0.264 e. The lowest BCUT2D eigenvalue weighted by atomic mass is 10.2. The van der Waals surface area contributed by atoms with Gasteiger partial charge in [0, 0.05) is 38.1 Å². The zero-order valence-corrected chi connectivity index (χ0v) is 18.7. The van der Waals surface area contributed by atoms with Crippen LogP contribution in [0.3, 0.4) is 0 Å². The average Bonchev–Trinajstić information content (AvgIpc) is 3.36. The molecule has 0 atom stereocenters. The Balaban J connectivity index is 1.33. The lowest BCUT2D eigenvalue weighted by Gasteiger charge is -2.34. The van der Waals surface area contributed by atoms with Gasteiger partial charge in [-0.15, -0.1) is 11.3 Å². The van der Waals surface area contributed by atoms with Crippen LogP contribution in [0.25, 0.3) is 15.9 Å².